The fourth-order valence-corrected chi connectivity index (χ4v) is 3.04. The van der Waals surface area contributed by atoms with E-state index in [9.17, 15) is 0 Å². The van der Waals surface area contributed by atoms with Crippen LogP contribution in [0.3, 0.4) is 0 Å². The van der Waals surface area contributed by atoms with Gasteiger partial charge >= 0.3 is 0 Å². The number of oxazole rings is 2. The standard InChI is InChI=1S/C12H18N2O3Si/c1-8-13-10(12(17-8)18(3,4)5)11-14-9(6-15-2)7-16-11/h7H,6H2,1-5H3. The van der Waals surface area contributed by atoms with Crippen LogP contribution in [0.4, 0.5) is 0 Å². The zero-order valence-corrected chi connectivity index (χ0v) is 12.4. The summed E-state index contributed by atoms with van der Waals surface area (Å²) in [6.07, 6.45) is 1.59. The maximum absolute atomic E-state index is 5.72. The molecule has 0 aliphatic heterocycles. The van der Waals surface area contributed by atoms with E-state index in [1.165, 1.54) is 0 Å². The Bertz CT molecular complexity index is 540. The maximum atomic E-state index is 5.72. The number of methoxy groups -OCH3 is 1. The van der Waals surface area contributed by atoms with Crippen LogP contribution in [0, 0.1) is 6.92 Å². The first-order chi connectivity index (χ1) is 8.41. The minimum Gasteiger partial charge on any atom is -0.450 e. The number of rotatable bonds is 4. The minimum absolute atomic E-state index is 0.433. The number of ether oxygens (including phenoxy) is 1. The van der Waals surface area contributed by atoms with E-state index in [2.05, 4.69) is 29.6 Å². The molecule has 0 amide bonds. The number of aryl methyl sites for hydroxylation is 1. The maximum Gasteiger partial charge on any atom is 0.248 e. The molecule has 0 spiro atoms. The second kappa shape index (κ2) is 4.70. The van der Waals surface area contributed by atoms with Gasteiger partial charge in [-0.25, -0.2) is 9.97 Å². The van der Waals surface area contributed by atoms with Crippen LogP contribution in [0.25, 0.3) is 11.6 Å². The first kappa shape index (κ1) is 13.0. The van der Waals surface area contributed by atoms with Gasteiger partial charge in [-0.15, -0.1) is 0 Å². The van der Waals surface area contributed by atoms with Crippen molar-refractivity contribution in [1.82, 2.24) is 9.97 Å². The monoisotopic (exact) mass is 266 g/mol. The Balaban J connectivity index is 2.43. The van der Waals surface area contributed by atoms with Crippen LogP contribution in [0.15, 0.2) is 15.1 Å². The number of hydrogen-bond donors (Lipinski definition) is 0. The molecule has 2 heterocycles. The van der Waals surface area contributed by atoms with Crippen molar-refractivity contribution in [3.05, 3.63) is 17.8 Å². The van der Waals surface area contributed by atoms with Gasteiger partial charge in [-0.3, -0.25) is 0 Å². The molecule has 0 radical (unpaired) electrons. The smallest absolute Gasteiger partial charge is 0.248 e. The van der Waals surface area contributed by atoms with Gasteiger partial charge in [0.05, 0.1) is 6.61 Å². The SMILES string of the molecule is COCc1coc(-c2nc(C)oc2[Si](C)(C)C)n1. The van der Waals surface area contributed by atoms with Gasteiger partial charge in [0.15, 0.2) is 11.6 Å². The van der Waals surface area contributed by atoms with E-state index in [1.54, 1.807) is 13.4 Å². The predicted octanol–water partition coefficient (Wildman–Crippen LogP) is 2.33. The van der Waals surface area contributed by atoms with Crippen molar-refractivity contribution in [2.75, 3.05) is 7.11 Å². The van der Waals surface area contributed by atoms with Gasteiger partial charge in [0.2, 0.25) is 5.89 Å². The molecule has 0 aromatic carbocycles. The Morgan fingerprint density at radius 2 is 2.00 bits per heavy atom. The van der Waals surface area contributed by atoms with E-state index in [1.807, 2.05) is 6.92 Å². The summed E-state index contributed by atoms with van der Waals surface area (Å²) in [6.45, 7) is 8.88. The molecule has 0 unspecified atom stereocenters. The summed E-state index contributed by atoms with van der Waals surface area (Å²) < 4.78 is 16.2. The third kappa shape index (κ3) is 2.54. The zero-order valence-electron chi connectivity index (χ0n) is 11.4. The summed E-state index contributed by atoms with van der Waals surface area (Å²) in [5.74, 6) is 1.16. The van der Waals surface area contributed by atoms with Gasteiger partial charge < -0.3 is 13.6 Å². The lowest BCUT2D eigenvalue weighted by atomic mass is 10.5. The van der Waals surface area contributed by atoms with Crippen LogP contribution in [0.5, 0.6) is 0 Å². The molecule has 0 aliphatic carbocycles. The molecule has 2 aromatic rings. The van der Waals surface area contributed by atoms with Crippen molar-refractivity contribution in [3.63, 3.8) is 0 Å². The number of nitrogens with zero attached hydrogens (tertiary/aromatic N) is 2. The van der Waals surface area contributed by atoms with E-state index in [0.29, 0.717) is 18.4 Å². The first-order valence-corrected chi connectivity index (χ1v) is 9.33. The molecule has 0 saturated carbocycles. The van der Waals surface area contributed by atoms with E-state index >= 15 is 0 Å². The lowest BCUT2D eigenvalue weighted by Gasteiger charge is -2.12. The molecule has 0 N–H and O–H groups in total. The van der Waals surface area contributed by atoms with Crippen molar-refractivity contribution in [2.45, 2.75) is 33.2 Å². The molecule has 0 saturated heterocycles. The molecule has 0 aliphatic rings. The quantitative estimate of drug-likeness (QED) is 0.795. The molecule has 0 fully saturated rings. The molecule has 6 heteroatoms. The second-order valence-electron chi connectivity index (χ2n) is 5.24. The number of aromatic nitrogens is 2. The van der Waals surface area contributed by atoms with Gasteiger partial charge in [-0.05, 0) is 0 Å². The van der Waals surface area contributed by atoms with Gasteiger partial charge in [0.25, 0.3) is 0 Å². The zero-order chi connectivity index (χ0) is 13.3. The Kier molecular flexibility index (Phi) is 3.40. The van der Waals surface area contributed by atoms with Crippen LogP contribution >= 0.6 is 0 Å². The van der Waals surface area contributed by atoms with Crippen LogP contribution in [0.1, 0.15) is 11.6 Å². The first-order valence-electron chi connectivity index (χ1n) is 5.83. The van der Waals surface area contributed by atoms with E-state index in [-0.39, 0.29) is 0 Å². The Labute approximate surface area is 107 Å². The van der Waals surface area contributed by atoms with Gasteiger partial charge in [0, 0.05) is 14.0 Å². The third-order valence-corrected chi connectivity index (χ3v) is 4.16. The van der Waals surface area contributed by atoms with Crippen molar-refractivity contribution >= 4 is 13.5 Å². The fraction of sp³-hybridized carbons (Fsp3) is 0.500. The molecule has 5 nitrogen and oxygen atoms in total. The Morgan fingerprint density at radius 3 is 2.61 bits per heavy atom. The van der Waals surface area contributed by atoms with Crippen LogP contribution in [0.2, 0.25) is 19.6 Å². The summed E-state index contributed by atoms with van der Waals surface area (Å²) in [4.78, 5) is 8.76. The molecule has 0 atom stereocenters. The topological polar surface area (TPSA) is 61.3 Å². The highest BCUT2D eigenvalue weighted by Gasteiger charge is 2.29. The molecular weight excluding hydrogens is 248 g/mol. The van der Waals surface area contributed by atoms with E-state index in [0.717, 1.165) is 16.8 Å². The van der Waals surface area contributed by atoms with Crippen molar-refractivity contribution in [1.29, 1.82) is 0 Å². The summed E-state index contributed by atoms with van der Waals surface area (Å²) in [5, 5.41) is 0.922. The fourth-order valence-electron chi connectivity index (χ4n) is 1.71. The average Bonchev–Trinajstić information content (AvgIpc) is 2.84. The largest absolute Gasteiger partial charge is 0.450 e. The van der Waals surface area contributed by atoms with E-state index in [4.69, 9.17) is 13.6 Å². The van der Waals surface area contributed by atoms with Crippen LogP contribution in [-0.4, -0.2) is 25.2 Å². The highest BCUT2D eigenvalue weighted by atomic mass is 28.3. The van der Waals surface area contributed by atoms with Crippen molar-refractivity contribution < 1.29 is 13.6 Å². The Morgan fingerprint density at radius 1 is 1.28 bits per heavy atom. The van der Waals surface area contributed by atoms with Crippen LogP contribution < -0.4 is 5.38 Å². The average molecular weight is 266 g/mol. The second-order valence-corrected chi connectivity index (χ2v) is 10.2. The Hall–Kier alpha value is -1.40. The highest BCUT2D eigenvalue weighted by molar-refractivity contribution is 6.88. The molecule has 2 rings (SSSR count). The summed E-state index contributed by atoms with van der Waals surface area (Å²) in [6, 6.07) is 0. The predicted molar refractivity (Wildman–Crippen MR) is 70.4 cm³/mol. The normalized spacial score (nSPS) is 12.1. The summed E-state index contributed by atoms with van der Waals surface area (Å²) in [7, 11) is 0.0176. The minimum atomic E-state index is -1.61. The van der Waals surface area contributed by atoms with Crippen LogP contribution in [-0.2, 0) is 11.3 Å². The van der Waals surface area contributed by atoms with Gasteiger partial charge in [-0.1, -0.05) is 19.6 Å². The number of hydrogen-bond acceptors (Lipinski definition) is 5. The van der Waals surface area contributed by atoms with Crippen molar-refractivity contribution in [2.24, 2.45) is 0 Å². The molecule has 0 bridgehead atoms. The molecule has 98 valence electrons. The van der Waals surface area contributed by atoms with Gasteiger partial charge in [0.1, 0.15) is 25.4 Å². The summed E-state index contributed by atoms with van der Waals surface area (Å²) in [5.41, 5.74) is 1.49. The lowest BCUT2D eigenvalue weighted by molar-refractivity contribution is 0.181. The van der Waals surface area contributed by atoms with E-state index < -0.39 is 8.07 Å². The molecule has 18 heavy (non-hydrogen) atoms. The van der Waals surface area contributed by atoms with Crippen molar-refractivity contribution in [3.8, 4) is 11.6 Å². The lowest BCUT2D eigenvalue weighted by Crippen LogP contribution is -2.38. The summed E-state index contributed by atoms with van der Waals surface area (Å²) >= 11 is 0. The molecular formula is C12H18N2O3Si. The highest BCUT2D eigenvalue weighted by Crippen LogP contribution is 2.20. The van der Waals surface area contributed by atoms with Gasteiger partial charge in [-0.2, -0.15) is 0 Å². The third-order valence-electron chi connectivity index (χ3n) is 2.46. The molecule has 2 aromatic heterocycles.